The third-order valence-electron chi connectivity index (χ3n) is 4.04. The maximum Gasteiger partial charge on any atom is 0.224 e. The van der Waals surface area contributed by atoms with E-state index in [1.54, 1.807) is 14.2 Å². The van der Waals surface area contributed by atoms with Gasteiger partial charge in [0.25, 0.3) is 0 Å². The molecule has 1 aromatic heterocycles. The molecule has 1 unspecified atom stereocenters. The molecular weight excluding hydrogens is 268 g/mol. The monoisotopic (exact) mass is 294 g/mol. The lowest BCUT2D eigenvalue weighted by Crippen LogP contribution is -2.30. The van der Waals surface area contributed by atoms with E-state index in [-0.39, 0.29) is 0 Å². The molecule has 6 heteroatoms. The van der Waals surface area contributed by atoms with Crippen LogP contribution < -0.4 is 14.8 Å². The summed E-state index contributed by atoms with van der Waals surface area (Å²) in [7, 11) is 3.23. The van der Waals surface area contributed by atoms with Gasteiger partial charge in [0.1, 0.15) is 6.33 Å². The summed E-state index contributed by atoms with van der Waals surface area (Å²) in [5.74, 6) is 1.85. The fraction of sp³-hybridized carbons (Fsp3) is 0.733. The molecule has 1 aromatic rings. The zero-order valence-corrected chi connectivity index (χ0v) is 13.4. The van der Waals surface area contributed by atoms with E-state index in [1.807, 2.05) is 0 Å². The highest BCUT2D eigenvalue weighted by Crippen LogP contribution is 2.23. The maximum atomic E-state index is 5.28. The average Bonchev–Trinajstić information content (AvgIpc) is 2.96. The minimum absolute atomic E-state index is 0.574. The number of rotatable bonds is 7. The molecule has 1 fully saturated rings. The first kappa shape index (κ1) is 16.0. The Hall–Kier alpha value is -1.40. The van der Waals surface area contributed by atoms with Crippen molar-refractivity contribution in [3.8, 4) is 11.8 Å². The molecule has 1 atom stereocenters. The lowest BCUT2D eigenvalue weighted by molar-refractivity contribution is 0.263. The van der Waals surface area contributed by atoms with Crippen LogP contribution in [0, 0.1) is 5.92 Å². The van der Waals surface area contributed by atoms with Gasteiger partial charge in [0.05, 0.1) is 19.8 Å². The van der Waals surface area contributed by atoms with Gasteiger partial charge in [-0.3, -0.25) is 0 Å². The van der Waals surface area contributed by atoms with Crippen LogP contribution in [0.4, 0.5) is 0 Å². The van der Waals surface area contributed by atoms with Crippen molar-refractivity contribution in [1.82, 2.24) is 20.2 Å². The second-order valence-electron chi connectivity index (χ2n) is 5.75. The Labute approximate surface area is 126 Å². The SMILES string of the molecule is COc1ncnc(OC)c1CNCC1CCN(C(C)C)C1. The molecule has 1 aliphatic rings. The fourth-order valence-corrected chi connectivity index (χ4v) is 2.78. The van der Waals surface area contributed by atoms with E-state index in [1.165, 1.54) is 25.8 Å². The number of aromatic nitrogens is 2. The first-order chi connectivity index (χ1) is 10.2. The third kappa shape index (κ3) is 4.04. The Morgan fingerprint density at radius 2 is 1.95 bits per heavy atom. The molecule has 1 aliphatic heterocycles. The van der Waals surface area contributed by atoms with Gasteiger partial charge in [0, 0.05) is 19.1 Å². The van der Waals surface area contributed by atoms with Gasteiger partial charge in [-0.15, -0.1) is 0 Å². The predicted molar refractivity (Wildman–Crippen MR) is 81.7 cm³/mol. The van der Waals surface area contributed by atoms with E-state index < -0.39 is 0 Å². The maximum absolute atomic E-state index is 5.28. The van der Waals surface area contributed by atoms with Gasteiger partial charge in [0.15, 0.2) is 0 Å². The third-order valence-corrected chi connectivity index (χ3v) is 4.04. The summed E-state index contributed by atoms with van der Waals surface area (Å²) in [6.07, 6.45) is 2.71. The Balaban J connectivity index is 1.87. The second-order valence-corrected chi connectivity index (χ2v) is 5.75. The van der Waals surface area contributed by atoms with E-state index in [9.17, 15) is 0 Å². The zero-order valence-electron chi connectivity index (χ0n) is 13.4. The normalized spacial score (nSPS) is 19.2. The highest BCUT2D eigenvalue weighted by molar-refractivity contribution is 5.34. The summed E-state index contributed by atoms with van der Waals surface area (Å²) in [5.41, 5.74) is 0.876. The van der Waals surface area contributed by atoms with Crippen molar-refractivity contribution in [3.05, 3.63) is 11.9 Å². The van der Waals surface area contributed by atoms with Crippen LogP contribution in [0.25, 0.3) is 0 Å². The first-order valence-electron chi connectivity index (χ1n) is 7.52. The Morgan fingerprint density at radius 1 is 1.29 bits per heavy atom. The molecule has 0 saturated carbocycles. The predicted octanol–water partition coefficient (Wildman–Crippen LogP) is 1.31. The van der Waals surface area contributed by atoms with E-state index in [0.29, 0.717) is 30.3 Å². The van der Waals surface area contributed by atoms with Crippen molar-refractivity contribution in [3.63, 3.8) is 0 Å². The minimum Gasteiger partial charge on any atom is -0.481 e. The standard InChI is InChI=1S/C15H26N4O2/c1-11(2)19-6-5-12(9-19)7-16-8-13-14(20-3)17-10-18-15(13)21-4/h10-12,16H,5-9H2,1-4H3. The van der Waals surface area contributed by atoms with Crippen LogP contribution in [0.15, 0.2) is 6.33 Å². The second kappa shape index (κ2) is 7.56. The van der Waals surface area contributed by atoms with Crippen LogP contribution in [-0.2, 0) is 6.54 Å². The molecule has 0 aliphatic carbocycles. The minimum atomic E-state index is 0.574. The van der Waals surface area contributed by atoms with Gasteiger partial charge in [-0.1, -0.05) is 0 Å². The summed E-state index contributed by atoms with van der Waals surface area (Å²) in [4.78, 5) is 10.8. The van der Waals surface area contributed by atoms with Crippen molar-refractivity contribution < 1.29 is 9.47 Å². The van der Waals surface area contributed by atoms with Crippen molar-refractivity contribution in [2.45, 2.75) is 32.9 Å². The lowest BCUT2D eigenvalue weighted by Gasteiger charge is -2.20. The van der Waals surface area contributed by atoms with Crippen LogP contribution in [0.1, 0.15) is 25.8 Å². The molecule has 1 saturated heterocycles. The lowest BCUT2D eigenvalue weighted by atomic mass is 10.1. The van der Waals surface area contributed by atoms with Crippen LogP contribution in [0.2, 0.25) is 0 Å². The van der Waals surface area contributed by atoms with Gasteiger partial charge in [-0.2, -0.15) is 0 Å². The Kier molecular flexibility index (Phi) is 5.76. The van der Waals surface area contributed by atoms with E-state index in [0.717, 1.165) is 12.1 Å². The van der Waals surface area contributed by atoms with Crippen molar-refractivity contribution in [2.75, 3.05) is 33.9 Å². The molecule has 0 amide bonds. The van der Waals surface area contributed by atoms with Gasteiger partial charge >= 0.3 is 0 Å². The summed E-state index contributed by atoms with van der Waals surface area (Å²) in [5, 5.41) is 3.49. The van der Waals surface area contributed by atoms with Gasteiger partial charge in [-0.05, 0) is 39.3 Å². The Bertz CT molecular complexity index is 431. The van der Waals surface area contributed by atoms with Crippen LogP contribution in [0.5, 0.6) is 11.8 Å². The molecule has 1 N–H and O–H groups in total. The quantitative estimate of drug-likeness (QED) is 0.818. The molecule has 0 aromatic carbocycles. The van der Waals surface area contributed by atoms with Gasteiger partial charge < -0.3 is 19.7 Å². The first-order valence-corrected chi connectivity index (χ1v) is 7.52. The van der Waals surface area contributed by atoms with E-state index >= 15 is 0 Å². The number of likely N-dealkylation sites (tertiary alicyclic amines) is 1. The summed E-state index contributed by atoms with van der Waals surface area (Å²) < 4.78 is 10.6. The zero-order chi connectivity index (χ0) is 15.2. The summed E-state index contributed by atoms with van der Waals surface area (Å²) >= 11 is 0. The average molecular weight is 294 g/mol. The van der Waals surface area contributed by atoms with E-state index in [2.05, 4.69) is 34.0 Å². The number of ether oxygens (including phenoxy) is 2. The number of hydrogen-bond acceptors (Lipinski definition) is 6. The van der Waals surface area contributed by atoms with Crippen LogP contribution in [-0.4, -0.2) is 54.8 Å². The fourth-order valence-electron chi connectivity index (χ4n) is 2.78. The van der Waals surface area contributed by atoms with Crippen LogP contribution in [0.3, 0.4) is 0 Å². The number of nitrogens with zero attached hydrogens (tertiary/aromatic N) is 3. The van der Waals surface area contributed by atoms with Gasteiger partial charge in [-0.25, -0.2) is 9.97 Å². The molecule has 0 radical (unpaired) electrons. The van der Waals surface area contributed by atoms with Crippen molar-refractivity contribution in [1.29, 1.82) is 0 Å². The smallest absolute Gasteiger partial charge is 0.224 e. The summed E-state index contributed by atoms with van der Waals surface area (Å²) in [6, 6.07) is 0.637. The largest absolute Gasteiger partial charge is 0.481 e. The van der Waals surface area contributed by atoms with Crippen molar-refractivity contribution in [2.24, 2.45) is 5.92 Å². The van der Waals surface area contributed by atoms with Gasteiger partial charge in [0.2, 0.25) is 11.8 Å². The van der Waals surface area contributed by atoms with Crippen molar-refractivity contribution >= 4 is 0 Å². The highest BCUT2D eigenvalue weighted by atomic mass is 16.5. The molecular formula is C15H26N4O2. The molecule has 0 spiro atoms. The number of hydrogen-bond donors (Lipinski definition) is 1. The Morgan fingerprint density at radius 3 is 2.48 bits per heavy atom. The van der Waals surface area contributed by atoms with E-state index in [4.69, 9.17) is 9.47 Å². The molecule has 6 nitrogen and oxygen atoms in total. The number of methoxy groups -OCH3 is 2. The molecule has 118 valence electrons. The highest BCUT2D eigenvalue weighted by Gasteiger charge is 2.24. The van der Waals surface area contributed by atoms with Crippen LogP contribution >= 0.6 is 0 Å². The topological polar surface area (TPSA) is 59.5 Å². The number of nitrogens with one attached hydrogen (secondary N) is 1. The molecule has 2 heterocycles. The molecule has 2 rings (SSSR count). The molecule has 0 bridgehead atoms. The summed E-state index contributed by atoms with van der Waals surface area (Å²) in [6.45, 7) is 8.53. The molecule has 21 heavy (non-hydrogen) atoms.